The summed E-state index contributed by atoms with van der Waals surface area (Å²) in [6, 6.07) is 2.94. The third-order valence-electron chi connectivity index (χ3n) is 4.52. The molecule has 7 heteroatoms. The highest BCUT2D eigenvalue weighted by atomic mass is 19.2. The van der Waals surface area contributed by atoms with Crippen LogP contribution in [-0.4, -0.2) is 47.9 Å². The van der Waals surface area contributed by atoms with Gasteiger partial charge in [0, 0.05) is 13.2 Å². The topological polar surface area (TPSA) is 61.8 Å². The van der Waals surface area contributed by atoms with Crippen LogP contribution in [0.25, 0.3) is 0 Å². The zero-order valence-electron chi connectivity index (χ0n) is 12.7. The summed E-state index contributed by atoms with van der Waals surface area (Å²) in [7, 11) is 0. The first-order valence-electron chi connectivity index (χ1n) is 7.84. The number of hydrogen-bond acceptors (Lipinski definition) is 3. The SMILES string of the molecule is O=C(N[C@@H]1CCO[C@H]1c1ccc(F)c(F)c1)N1CCC[C@@H]1CO. The molecular formula is C16H20F2N2O3. The predicted octanol–water partition coefficient (Wildman–Crippen LogP) is 1.96. The minimum atomic E-state index is -0.928. The molecule has 3 atom stereocenters. The van der Waals surface area contributed by atoms with Gasteiger partial charge >= 0.3 is 6.03 Å². The molecule has 0 radical (unpaired) electrons. The van der Waals surface area contributed by atoms with Crippen LogP contribution in [0.3, 0.4) is 0 Å². The number of likely N-dealkylation sites (tertiary alicyclic amines) is 1. The van der Waals surface area contributed by atoms with Crippen molar-refractivity contribution in [3.63, 3.8) is 0 Å². The van der Waals surface area contributed by atoms with Crippen molar-refractivity contribution in [3.05, 3.63) is 35.4 Å². The molecule has 2 saturated heterocycles. The van der Waals surface area contributed by atoms with Gasteiger partial charge in [0.05, 0.1) is 18.7 Å². The minimum Gasteiger partial charge on any atom is -0.394 e. The highest BCUT2D eigenvalue weighted by molar-refractivity contribution is 5.75. The molecule has 126 valence electrons. The molecule has 2 N–H and O–H groups in total. The van der Waals surface area contributed by atoms with Crippen LogP contribution in [-0.2, 0) is 4.74 Å². The second-order valence-corrected chi connectivity index (χ2v) is 5.98. The molecular weight excluding hydrogens is 306 g/mol. The van der Waals surface area contributed by atoms with E-state index in [-0.39, 0.29) is 24.7 Å². The molecule has 1 aromatic rings. The smallest absolute Gasteiger partial charge is 0.318 e. The van der Waals surface area contributed by atoms with Crippen LogP contribution in [0.5, 0.6) is 0 Å². The Labute approximate surface area is 133 Å². The van der Waals surface area contributed by atoms with Gasteiger partial charge in [0.15, 0.2) is 11.6 Å². The average molecular weight is 326 g/mol. The molecule has 2 heterocycles. The number of halogens is 2. The predicted molar refractivity (Wildman–Crippen MR) is 78.8 cm³/mol. The summed E-state index contributed by atoms with van der Waals surface area (Å²) in [6.07, 6.45) is 1.76. The van der Waals surface area contributed by atoms with Crippen molar-refractivity contribution in [2.75, 3.05) is 19.8 Å². The van der Waals surface area contributed by atoms with Crippen LogP contribution in [0, 0.1) is 11.6 Å². The van der Waals surface area contributed by atoms with Crippen molar-refractivity contribution < 1.29 is 23.4 Å². The summed E-state index contributed by atoms with van der Waals surface area (Å²) in [4.78, 5) is 14.0. The van der Waals surface area contributed by atoms with Crippen molar-refractivity contribution in [2.45, 2.75) is 37.5 Å². The monoisotopic (exact) mass is 326 g/mol. The third kappa shape index (κ3) is 3.30. The summed E-state index contributed by atoms with van der Waals surface area (Å²) in [5.41, 5.74) is 0.506. The van der Waals surface area contributed by atoms with Gasteiger partial charge in [-0.2, -0.15) is 0 Å². The summed E-state index contributed by atoms with van der Waals surface area (Å²) in [5.74, 6) is -1.84. The molecule has 2 amide bonds. The number of nitrogens with one attached hydrogen (secondary N) is 1. The van der Waals surface area contributed by atoms with Crippen LogP contribution < -0.4 is 5.32 Å². The maximum atomic E-state index is 13.4. The molecule has 23 heavy (non-hydrogen) atoms. The normalized spacial score (nSPS) is 27.4. The van der Waals surface area contributed by atoms with E-state index in [1.165, 1.54) is 6.07 Å². The van der Waals surface area contributed by atoms with Gasteiger partial charge in [0.25, 0.3) is 0 Å². The van der Waals surface area contributed by atoms with E-state index in [2.05, 4.69) is 5.32 Å². The van der Waals surface area contributed by atoms with Crippen molar-refractivity contribution >= 4 is 6.03 Å². The van der Waals surface area contributed by atoms with Gasteiger partial charge in [-0.3, -0.25) is 0 Å². The first-order valence-corrected chi connectivity index (χ1v) is 7.84. The number of hydrogen-bond donors (Lipinski definition) is 2. The Kier molecular flexibility index (Phi) is 4.77. The van der Waals surface area contributed by atoms with Gasteiger partial charge in [-0.05, 0) is 37.0 Å². The highest BCUT2D eigenvalue weighted by Gasteiger charge is 2.35. The number of aliphatic hydroxyl groups is 1. The molecule has 0 bridgehead atoms. The van der Waals surface area contributed by atoms with Crippen molar-refractivity contribution in [1.29, 1.82) is 0 Å². The fourth-order valence-corrected chi connectivity index (χ4v) is 3.29. The summed E-state index contributed by atoms with van der Waals surface area (Å²) in [6.45, 7) is 1.000. The maximum absolute atomic E-state index is 13.4. The van der Waals surface area contributed by atoms with E-state index in [1.54, 1.807) is 4.90 Å². The number of urea groups is 1. The summed E-state index contributed by atoms with van der Waals surface area (Å²) < 4.78 is 32.1. The van der Waals surface area contributed by atoms with Crippen molar-refractivity contribution in [3.8, 4) is 0 Å². The van der Waals surface area contributed by atoms with E-state index >= 15 is 0 Å². The molecule has 0 unspecified atom stereocenters. The van der Waals surface area contributed by atoms with Gasteiger partial charge in [-0.25, -0.2) is 13.6 Å². The lowest BCUT2D eigenvalue weighted by Gasteiger charge is -2.27. The Hall–Kier alpha value is -1.73. The number of benzene rings is 1. The number of aliphatic hydroxyl groups excluding tert-OH is 1. The number of carbonyl (C=O) groups is 1. The largest absolute Gasteiger partial charge is 0.394 e. The molecule has 0 saturated carbocycles. The van der Waals surface area contributed by atoms with Crippen LogP contribution in [0.2, 0.25) is 0 Å². The average Bonchev–Trinajstić information content (AvgIpc) is 3.18. The molecule has 0 spiro atoms. The zero-order valence-corrected chi connectivity index (χ0v) is 12.7. The van der Waals surface area contributed by atoms with Crippen LogP contribution >= 0.6 is 0 Å². The van der Waals surface area contributed by atoms with Gasteiger partial charge in [-0.15, -0.1) is 0 Å². The third-order valence-corrected chi connectivity index (χ3v) is 4.52. The number of amides is 2. The number of nitrogens with zero attached hydrogens (tertiary/aromatic N) is 1. The second-order valence-electron chi connectivity index (χ2n) is 5.98. The zero-order chi connectivity index (χ0) is 16.4. The van der Waals surface area contributed by atoms with Gasteiger partial charge < -0.3 is 20.1 Å². The highest BCUT2D eigenvalue weighted by Crippen LogP contribution is 2.30. The Morgan fingerprint density at radius 2 is 2.17 bits per heavy atom. The Balaban J connectivity index is 1.69. The summed E-state index contributed by atoms with van der Waals surface area (Å²) >= 11 is 0. The first kappa shape index (κ1) is 16.1. The fraction of sp³-hybridized carbons (Fsp3) is 0.562. The molecule has 2 aliphatic heterocycles. The van der Waals surface area contributed by atoms with Gasteiger partial charge in [0.1, 0.15) is 6.10 Å². The molecule has 5 nitrogen and oxygen atoms in total. The van der Waals surface area contributed by atoms with E-state index < -0.39 is 17.7 Å². The molecule has 3 rings (SSSR count). The first-order chi connectivity index (χ1) is 11.1. The fourth-order valence-electron chi connectivity index (χ4n) is 3.29. The Morgan fingerprint density at radius 3 is 2.91 bits per heavy atom. The van der Waals surface area contributed by atoms with E-state index in [1.807, 2.05) is 0 Å². The molecule has 2 aliphatic rings. The maximum Gasteiger partial charge on any atom is 0.318 e. The second kappa shape index (κ2) is 6.80. The standard InChI is InChI=1S/C16H20F2N2O3/c17-12-4-3-10(8-13(12)18)15-14(5-7-23-15)19-16(22)20-6-1-2-11(20)9-21/h3-4,8,11,14-15,21H,1-2,5-7,9H2,(H,19,22)/t11-,14-,15+/m1/s1. The van der Waals surface area contributed by atoms with E-state index in [4.69, 9.17) is 4.74 Å². The molecule has 2 fully saturated rings. The van der Waals surface area contributed by atoms with Gasteiger partial charge in [0.2, 0.25) is 0 Å². The molecule has 0 aliphatic carbocycles. The lowest BCUT2D eigenvalue weighted by molar-refractivity contribution is 0.0962. The quantitative estimate of drug-likeness (QED) is 0.893. The van der Waals surface area contributed by atoms with E-state index in [0.717, 1.165) is 25.0 Å². The Morgan fingerprint density at radius 1 is 1.35 bits per heavy atom. The Bertz CT molecular complexity index is 584. The van der Waals surface area contributed by atoms with E-state index in [9.17, 15) is 18.7 Å². The number of rotatable bonds is 3. The van der Waals surface area contributed by atoms with Crippen molar-refractivity contribution in [1.82, 2.24) is 10.2 Å². The molecule has 1 aromatic carbocycles. The van der Waals surface area contributed by atoms with E-state index in [0.29, 0.717) is 25.1 Å². The number of ether oxygens (including phenoxy) is 1. The minimum absolute atomic E-state index is 0.0544. The number of carbonyl (C=O) groups excluding carboxylic acids is 1. The lowest BCUT2D eigenvalue weighted by atomic mass is 10.0. The van der Waals surface area contributed by atoms with Crippen LogP contribution in [0.15, 0.2) is 18.2 Å². The van der Waals surface area contributed by atoms with Gasteiger partial charge in [-0.1, -0.05) is 6.07 Å². The van der Waals surface area contributed by atoms with Crippen molar-refractivity contribution in [2.24, 2.45) is 0 Å². The summed E-state index contributed by atoms with van der Waals surface area (Å²) in [5, 5.41) is 12.2. The van der Waals surface area contributed by atoms with Crippen LogP contribution in [0.4, 0.5) is 13.6 Å². The lowest BCUT2D eigenvalue weighted by Crippen LogP contribution is -2.48. The molecule has 0 aromatic heterocycles. The van der Waals surface area contributed by atoms with Crippen LogP contribution in [0.1, 0.15) is 30.9 Å².